The zero-order chi connectivity index (χ0) is 33.2. The number of anilines is 3. The zero-order valence-electron chi connectivity index (χ0n) is 28.6. The molecule has 0 atom stereocenters. The normalized spacial score (nSPS) is 15.0. The van der Waals surface area contributed by atoms with Crippen molar-refractivity contribution in [3.05, 3.63) is 161 Å². The van der Waals surface area contributed by atoms with Gasteiger partial charge in [0.2, 0.25) is 0 Å². The molecule has 236 valence electrons. The molecular formula is C47H37NO. The number of benzene rings is 7. The van der Waals surface area contributed by atoms with E-state index in [9.17, 15) is 0 Å². The molecule has 0 unspecified atom stereocenters. The van der Waals surface area contributed by atoms with Crippen molar-refractivity contribution in [2.24, 2.45) is 0 Å². The largest absolute Gasteiger partial charge is 0.454 e. The van der Waals surface area contributed by atoms with Crippen LogP contribution in [-0.2, 0) is 10.8 Å². The van der Waals surface area contributed by atoms with Gasteiger partial charge in [-0.25, -0.2) is 0 Å². The fraction of sp³-hybridized carbons (Fsp3) is 0.149. The summed E-state index contributed by atoms with van der Waals surface area (Å²) in [7, 11) is 0. The van der Waals surface area contributed by atoms with Gasteiger partial charge in [0.05, 0.1) is 5.69 Å². The molecule has 0 saturated heterocycles. The summed E-state index contributed by atoms with van der Waals surface area (Å²) in [5.74, 6) is 0. The predicted molar refractivity (Wildman–Crippen MR) is 206 cm³/mol. The van der Waals surface area contributed by atoms with E-state index in [1.807, 2.05) is 0 Å². The highest BCUT2D eigenvalue weighted by Gasteiger charge is 2.46. The van der Waals surface area contributed by atoms with Gasteiger partial charge in [-0.1, -0.05) is 131 Å². The van der Waals surface area contributed by atoms with Crippen molar-refractivity contribution in [3.8, 4) is 22.3 Å². The lowest BCUT2D eigenvalue weighted by molar-refractivity contribution is 0.601. The number of furan rings is 1. The molecular weight excluding hydrogens is 595 g/mol. The van der Waals surface area contributed by atoms with Gasteiger partial charge in [0.25, 0.3) is 0 Å². The highest BCUT2D eigenvalue weighted by atomic mass is 16.3. The SMILES string of the molecule is Cc1cccc2c1oc1c(N(c3ccccc3)c3ccc4c(c3)C(C)(C)c3c-4ccc4c3C(C)(C)c3ccc5ccccc5c3-4)cccc12. The van der Waals surface area contributed by atoms with E-state index in [0.717, 1.165) is 44.6 Å². The second kappa shape index (κ2) is 9.74. The van der Waals surface area contributed by atoms with E-state index in [-0.39, 0.29) is 10.8 Å². The molecule has 7 aromatic carbocycles. The molecule has 10 rings (SSSR count). The Morgan fingerprint density at radius 3 is 1.98 bits per heavy atom. The number of para-hydroxylation sites is 3. The van der Waals surface area contributed by atoms with Gasteiger partial charge in [0, 0.05) is 33.0 Å². The molecule has 0 fully saturated rings. The Labute approximate surface area is 287 Å². The maximum atomic E-state index is 6.72. The average Bonchev–Trinajstić information content (AvgIpc) is 3.70. The van der Waals surface area contributed by atoms with Crippen molar-refractivity contribution >= 4 is 49.8 Å². The quantitative estimate of drug-likeness (QED) is 0.193. The molecule has 2 heteroatoms. The zero-order valence-corrected chi connectivity index (χ0v) is 28.6. The smallest absolute Gasteiger partial charge is 0.159 e. The summed E-state index contributed by atoms with van der Waals surface area (Å²) in [6.45, 7) is 11.8. The summed E-state index contributed by atoms with van der Waals surface area (Å²) < 4.78 is 6.72. The van der Waals surface area contributed by atoms with Crippen LogP contribution in [0.15, 0.2) is 138 Å². The molecule has 0 amide bonds. The minimum atomic E-state index is -0.202. The van der Waals surface area contributed by atoms with Crippen molar-refractivity contribution in [1.82, 2.24) is 0 Å². The highest BCUT2D eigenvalue weighted by Crippen LogP contribution is 2.60. The molecule has 49 heavy (non-hydrogen) atoms. The maximum absolute atomic E-state index is 6.72. The summed E-state index contributed by atoms with van der Waals surface area (Å²) in [6, 6.07) is 49.0. The third kappa shape index (κ3) is 3.72. The molecule has 8 aromatic rings. The number of fused-ring (bicyclic) bond motifs is 12. The topological polar surface area (TPSA) is 16.4 Å². The fourth-order valence-electron chi connectivity index (χ4n) is 9.24. The highest BCUT2D eigenvalue weighted by molar-refractivity contribution is 6.11. The number of hydrogen-bond acceptors (Lipinski definition) is 2. The van der Waals surface area contributed by atoms with E-state index >= 15 is 0 Å². The van der Waals surface area contributed by atoms with Crippen molar-refractivity contribution < 1.29 is 4.42 Å². The van der Waals surface area contributed by atoms with Gasteiger partial charge in [-0.3, -0.25) is 0 Å². The number of nitrogens with zero attached hydrogens (tertiary/aromatic N) is 1. The lowest BCUT2D eigenvalue weighted by atomic mass is 9.72. The van der Waals surface area contributed by atoms with E-state index in [1.54, 1.807) is 0 Å². The Morgan fingerprint density at radius 1 is 0.490 bits per heavy atom. The number of aryl methyl sites for hydroxylation is 1. The van der Waals surface area contributed by atoms with Crippen LogP contribution in [0.2, 0.25) is 0 Å². The average molecular weight is 632 g/mol. The Balaban J connectivity index is 1.19. The van der Waals surface area contributed by atoms with Crippen LogP contribution in [0.5, 0.6) is 0 Å². The van der Waals surface area contributed by atoms with Crippen molar-refractivity contribution in [2.45, 2.75) is 45.4 Å². The molecule has 0 aliphatic heterocycles. The first-order valence-electron chi connectivity index (χ1n) is 17.4. The second-order valence-electron chi connectivity index (χ2n) is 15.0. The van der Waals surface area contributed by atoms with Crippen LogP contribution >= 0.6 is 0 Å². The van der Waals surface area contributed by atoms with Crippen molar-refractivity contribution in [2.75, 3.05) is 4.90 Å². The van der Waals surface area contributed by atoms with Gasteiger partial charge in [-0.15, -0.1) is 0 Å². The number of hydrogen-bond donors (Lipinski definition) is 0. The predicted octanol–water partition coefficient (Wildman–Crippen LogP) is 13.1. The van der Waals surface area contributed by atoms with E-state index in [0.29, 0.717) is 0 Å². The molecule has 0 radical (unpaired) electrons. The molecule has 1 aromatic heterocycles. The van der Waals surface area contributed by atoms with Gasteiger partial charge in [-0.2, -0.15) is 0 Å². The van der Waals surface area contributed by atoms with Crippen LogP contribution in [0.3, 0.4) is 0 Å². The van der Waals surface area contributed by atoms with E-state index < -0.39 is 0 Å². The summed E-state index contributed by atoms with van der Waals surface area (Å²) in [6.07, 6.45) is 0. The molecule has 0 N–H and O–H groups in total. The summed E-state index contributed by atoms with van der Waals surface area (Å²) in [4.78, 5) is 2.37. The van der Waals surface area contributed by atoms with E-state index in [1.165, 1.54) is 55.3 Å². The van der Waals surface area contributed by atoms with Gasteiger partial charge in [0.1, 0.15) is 5.58 Å². The van der Waals surface area contributed by atoms with Crippen LogP contribution in [0.1, 0.15) is 55.5 Å². The van der Waals surface area contributed by atoms with Crippen LogP contribution in [-0.4, -0.2) is 0 Å². The number of rotatable bonds is 3. The van der Waals surface area contributed by atoms with E-state index in [2.05, 4.69) is 173 Å². The molecule has 2 aliphatic rings. The lowest BCUT2D eigenvalue weighted by Gasteiger charge is -2.31. The summed E-state index contributed by atoms with van der Waals surface area (Å²) in [5.41, 5.74) is 17.1. The van der Waals surface area contributed by atoms with E-state index in [4.69, 9.17) is 4.42 Å². The van der Waals surface area contributed by atoms with Crippen LogP contribution in [0, 0.1) is 6.92 Å². The van der Waals surface area contributed by atoms with Gasteiger partial charge in [-0.05, 0) is 98.1 Å². The minimum absolute atomic E-state index is 0.118. The third-order valence-electron chi connectivity index (χ3n) is 11.5. The third-order valence-corrected chi connectivity index (χ3v) is 11.5. The Kier molecular flexibility index (Phi) is 5.65. The second-order valence-corrected chi connectivity index (χ2v) is 15.0. The maximum Gasteiger partial charge on any atom is 0.159 e. The Bertz CT molecular complexity index is 2670. The molecule has 0 bridgehead atoms. The monoisotopic (exact) mass is 631 g/mol. The first-order chi connectivity index (χ1) is 23.7. The molecule has 2 aliphatic carbocycles. The molecule has 2 nitrogen and oxygen atoms in total. The fourth-order valence-corrected chi connectivity index (χ4v) is 9.24. The first-order valence-corrected chi connectivity index (χ1v) is 17.4. The first kappa shape index (κ1) is 28.4. The Morgan fingerprint density at radius 2 is 1.14 bits per heavy atom. The summed E-state index contributed by atoms with van der Waals surface area (Å²) >= 11 is 0. The van der Waals surface area contributed by atoms with Crippen LogP contribution < -0.4 is 4.90 Å². The van der Waals surface area contributed by atoms with Crippen LogP contribution in [0.4, 0.5) is 17.1 Å². The Hall–Kier alpha value is -5.60. The lowest BCUT2D eigenvalue weighted by Crippen LogP contribution is -2.24. The minimum Gasteiger partial charge on any atom is -0.454 e. The van der Waals surface area contributed by atoms with Gasteiger partial charge >= 0.3 is 0 Å². The summed E-state index contributed by atoms with van der Waals surface area (Å²) in [5, 5.41) is 4.93. The standard InChI is InChI=1S/C47H37NO/c1-28-13-11-18-35-36-19-12-20-40(45(36)49-44(28)35)48(30-15-7-6-8-16-30)31-22-23-33-34-24-25-37-41-32-17-10-9-14-29(32)21-26-38(41)46(2,3)43(37)42(34)47(4,5)39(33)27-31/h6-27H,1-5H3. The van der Waals surface area contributed by atoms with Crippen LogP contribution in [0.25, 0.3) is 55.0 Å². The van der Waals surface area contributed by atoms with Gasteiger partial charge < -0.3 is 9.32 Å². The van der Waals surface area contributed by atoms with Crippen molar-refractivity contribution in [1.29, 1.82) is 0 Å². The molecule has 0 spiro atoms. The molecule has 1 heterocycles. The molecule has 0 saturated carbocycles. The van der Waals surface area contributed by atoms with Crippen molar-refractivity contribution in [3.63, 3.8) is 0 Å². The van der Waals surface area contributed by atoms with Gasteiger partial charge in [0.15, 0.2) is 5.58 Å².